The van der Waals surface area contributed by atoms with Crippen molar-refractivity contribution in [3.8, 4) is 0 Å². The highest BCUT2D eigenvalue weighted by Crippen LogP contribution is 2.61. The molecule has 3 heterocycles. The first-order valence-electron chi connectivity index (χ1n) is 11.7. The molecule has 0 saturated heterocycles. The second-order valence-corrected chi connectivity index (χ2v) is 10.3. The first-order valence-corrected chi connectivity index (χ1v) is 11.7. The third-order valence-electron chi connectivity index (χ3n) is 8.22. The molecule has 0 unspecified atom stereocenters. The van der Waals surface area contributed by atoms with Gasteiger partial charge in [-0.2, -0.15) is 0 Å². The molecule has 4 saturated carbocycles. The Hall–Kier alpha value is -2.57. The summed E-state index contributed by atoms with van der Waals surface area (Å²) in [6, 6.07) is 3.52. The molecule has 0 spiro atoms. The fourth-order valence-corrected chi connectivity index (χ4v) is 7.23. The number of aromatic nitrogens is 2. The van der Waals surface area contributed by atoms with Gasteiger partial charge in [0.25, 0.3) is 5.91 Å². The summed E-state index contributed by atoms with van der Waals surface area (Å²) in [5.74, 6) is 3.90. The van der Waals surface area contributed by atoms with Crippen molar-refractivity contribution in [1.82, 2.24) is 19.8 Å². The number of carbonyl (C=O) groups excluding carboxylic acids is 2. The summed E-state index contributed by atoms with van der Waals surface area (Å²) in [5, 5.41) is 2.86. The molecule has 2 aromatic heterocycles. The van der Waals surface area contributed by atoms with E-state index >= 15 is 0 Å². The maximum atomic E-state index is 13.8. The Morgan fingerprint density at radius 1 is 1.16 bits per heavy atom. The molecule has 31 heavy (non-hydrogen) atoms. The van der Waals surface area contributed by atoms with Gasteiger partial charge in [-0.1, -0.05) is 0 Å². The van der Waals surface area contributed by atoms with Gasteiger partial charge >= 0.3 is 0 Å². The molecule has 1 atom stereocenters. The number of fused-ring (bicyclic) bond motifs is 1. The summed E-state index contributed by atoms with van der Waals surface area (Å²) in [6.07, 6.45) is 10.7. The van der Waals surface area contributed by atoms with E-state index in [2.05, 4.69) is 22.1 Å². The van der Waals surface area contributed by atoms with Gasteiger partial charge < -0.3 is 19.2 Å². The van der Waals surface area contributed by atoms with Gasteiger partial charge in [-0.3, -0.25) is 9.59 Å². The highest BCUT2D eigenvalue weighted by Gasteiger charge is 2.56. The van der Waals surface area contributed by atoms with E-state index in [1.807, 2.05) is 16.8 Å². The molecule has 2 aromatic rings. The number of carbonyl (C=O) groups is 2. The van der Waals surface area contributed by atoms with E-state index in [1.165, 1.54) is 19.3 Å². The number of amides is 2. The lowest BCUT2D eigenvalue weighted by molar-refractivity contribution is -0.161. The molecule has 5 aliphatic rings. The molecule has 2 amide bonds. The van der Waals surface area contributed by atoms with Gasteiger partial charge in [0.1, 0.15) is 17.3 Å². The van der Waals surface area contributed by atoms with Crippen LogP contribution in [0.15, 0.2) is 29.0 Å². The van der Waals surface area contributed by atoms with Crippen LogP contribution in [0.2, 0.25) is 0 Å². The summed E-state index contributed by atoms with van der Waals surface area (Å²) in [4.78, 5) is 33.1. The summed E-state index contributed by atoms with van der Waals surface area (Å²) in [7, 11) is 0. The minimum Gasteiger partial charge on any atom is -0.467 e. The zero-order chi connectivity index (χ0) is 21.2. The third kappa shape index (κ3) is 3.12. The van der Waals surface area contributed by atoms with Crippen molar-refractivity contribution in [3.63, 3.8) is 0 Å². The lowest BCUT2D eigenvalue weighted by Gasteiger charge is -2.57. The minimum atomic E-state index is -0.218. The highest BCUT2D eigenvalue weighted by atomic mass is 16.3. The Morgan fingerprint density at radius 3 is 2.52 bits per heavy atom. The second kappa shape index (κ2) is 6.97. The Kier molecular flexibility index (Phi) is 4.30. The molecule has 4 bridgehead atoms. The second-order valence-electron chi connectivity index (χ2n) is 10.3. The number of rotatable bonds is 4. The Labute approximate surface area is 182 Å². The minimum absolute atomic E-state index is 0.110. The molecule has 0 aromatic carbocycles. The predicted octanol–water partition coefficient (Wildman–Crippen LogP) is 3.53. The van der Waals surface area contributed by atoms with Crippen LogP contribution >= 0.6 is 0 Å². The smallest absolute Gasteiger partial charge is 0.271 e. The van der Waals surface area contributed by atoms with Gasteiger partial charge in [0.05, 0.1) is 24.3 Å². The average Bonchev–Trinajstić information content (AvgIpc) is 3.41. The molecular formula is C24H30N4O3. The number of hydrogen-bond donors (Lipinski definition) is 1. The maximum absolute atomic E-state index is 13.8. The summed E-state index contributed by atoms with van der Waals surface area (Å²) >= 11 is 0. The zero-order valence-corrected chi connectivity index (χ0v) is 18.0. The Bertz CT molecular complexity index is 973. The topological polar surface area (TPSA) is 80.4 Å². The monoisotopic (exact) mass is 422 g/mol. The van der Waals surface area contributed by atoms with Crippen LogP contribution in [0.3, 0.4) is 0 Å². The summed E-state index contributed by atoms with van der Waals surface area (Å²) < 4.78 is 7.31. The lowest BCUT2D eigenvalue weighted by atomic mass is 9.49. The van der Waals surface area contributed by atoms with Gasteiger partial charge in [-0.05, 0) is 75.3 Å². The highest BCUT2D eigenvalue weighted by molar-refractivity contribution is 5.92. The van der Waals surface area contributed by atoms with E-state index in [4.69, 9.17) is 4.42 Å². The lowest BCUT2D eigenvalue weighted by Crippen LogP contribution is -2.56. The summed E-state index contributed by atoms with van der Waals surface area (Å²) in [5.41, 5.74) is 0.263. The van der Waals surface area contributed by atoms with Gasteiger partial charge in [0, 0.05) is 19.3 Å². The molecule has 7 heteroatoms. The number of imidazole rings is 1. The first kappa shape index (κ1) is 19.1. The maximum Gasteiger partial charge on any atom is 0.271 e. The number of hydrogen-bond acceptors (Lipinski definition) is 4. The van der Waals surface area contributed by atoms with E-state index in [0.29, 0.717) is 37.0 Å². The zero-order valence-electron chi connectivity index (χ0n) is 18.0. The number of furan rings is 1. The SMILES string of the molecule is C[C@@H]1c2nc(C(=O)NCc3ccco3)cn2CCN1C(=O)C12CC3CC(CC(C3)C1)C2. The van der Waals surface area contributed by atoms with Crippen LogP contribution in [-0.4, -0.2) is 32.8 Å². The molecule has 0 radical (unpaired) electrons. The third-order valence-corrected chi connectivity index (χ3v) is 8.22. The molecule has 7 rings (SSSR count). The first-order chi connectivity index (χ1) is 15.0. The van der Waals surface area contributed by atoms with Crippen molar-refractivity contribution in [3.05, 3.63) is 41.9 Å². The van der Waals surface area contributed by atoms with Crippen LogP contribution in [0, 0.1) is 23.2 Å². The predicted molar refractivity (Wildman–Crippen MR) is 113 cm³/mol. The number of nitrogens with one attached hydrogen (secondary N) is 1. The van der Waals surface area contributed by atoms with E-state index < -0.39 is 0 Å². The fourth-order valence-electron chi connectivity index (χ4n) is 7.23. The van der Waals surface area contributed by atoms with Crippen LogP contribution in [0.5, 0.6) is 0 Å². The molecule has 1 aliphatic heterocycles. The van der Waals surface area contributed by atoms with Crippen molar-refractivity contribution >= 4 is 11.8 Å². The van der Waals surface area contributed by atoms with Crippen LogP contribution in [-0.2, 0) is 17.9 Å². The van der Waals surface area contributed by atoms with Crippen molar-refractivity contribution in [2.24, 2.45) is 23.2 Å². The molecule has 4 aliphatic carbocycles. The van der Waals surface area contributed by atoms with Crippen molar-refractivity contribution in [2.45, 2.75) is 64.6 Å². The largest absolute Gasteiger partial charge is 0.467 e. The van der Waals surface area contributed by atoms with Crippen LogP contribution < -0.4 is 5.32 Å². The van der Waals surface area contributed by atoms with Crippen molar-refractivity contribution in [1.29, 1.82) is 0 Å². The van der Waals surface area contributed by atoms with E-state index in [9.17, 15) is 9.59 Å². The summed E-state index contributed by atoms with van der Waals surface area (Å²) in [6.45, 7) is 3.77. The molecule has 4 fully saturated rings. The molecule has 164 valence electrons. The molecular weight excluding hydrogens is 392 g/mol. The quantitative estimate of drug-likeness (QED) is 0.817. The van der Waals surface area contributed by atoms with Crippen LogP contribution in [0.25, 0.3) is 0 Å². The van der Waals surface area contributed by atoms with E-state index in [0.717, 1.165) is 42.8 Å². The van der Waals surface area contributed by atoms with E-state index in [1.54, 1.807) is 12.3 Å². The normalized spacial score (nSPS) is 33.4. The Morgan fingerprint density at radius 2 is 1.87 bits per heavy atom. The van der Waals surface area contributed by atoms with Gasteiger partial charge in [-0.25, -0.2) is 4.98 Å². The van der Waals surface area contributed by atoms with Crippen molar-refractivity contribution < 1.29 is 14.0 Å². The number of nitrogens with zero attached hydrogens (tertiary/aromatic N) is 3. The van der Waals surface area contributed by atoms with E-state index in [-0.39, 0.29) is 17.4 Å². The van der Waals surface area contributed by atoms with Crippen LogP contribution in [0.1, 0.15) is 73.6 Å². The van der Waals surface area contributed by atoms with Gasteiger partial charge in [-0.15, -0.1) is 0 Å². The van der Waals surface area contributed by atoms with Gasteiger partial charge in [0.2, 0.25) is 5.91 Å². The van der Waals surface area contributed by atoms with Crippen molar-refractivity contribution in [2.75, 3.05) is 6.54 Å². The molecule has 1 N–H and O–H groups in total. The Balaban J connectivity index is 1.19. The fraction of sp³-hybridized carbons (Fsp3) is 0.625. The molecule has 7 nitrogen and oxygen atoms in total. The van der Waals surface area contributed by atoms with Gasteiger partial charge in [0.15, 0.2) is 0 Å². The standard InChI is InChI=1S/C24H30N4O3/c1-15-21-26-20(22(29)25-13-19-3-2-6-31-19)14-27(21)4-5-28(15)23(30)24-10-16-7-17(11-24)9-18(8-16)12-24/h2-3,6,14-18H,4-5,7-13H2,1H3,(H,25,29)/t15-,16?,17?,18?,24?/m1/s1. The average molecular weight is 423 g/mol. The van der Waals surface area contributed by atoms with Crippen LogP contribution in [0.4, 0.5) is 0 Å².